The summed E-state index contributed by atoms with van der Waals surface area (Å²) in [5.41, 5.74) is 0.966. The lowest BCUT2D eigenvalue weighted by Gasteiger charge is -2.61. The Kier molecular flexibility index (Phi) is 6.17. The first kappa shape index (κ1) is 23.0. The molecular weight excluding hydrogens is 460 g/mol. The van der Waals surface area contributed by atoms with Crippen LogP contribution in [0.1, 0.15) is 72.6 Å². The van der Waals surface area contributed by atoms with E-state index in [1.165, 1.54) is 26.7 Å². The van der Waals surface area contributed by atoms with Gasteiger partial charge in [-0.15, -0.1) is 0 Å². The second-order valence-corrected chi connectivity index (χ2v) is 11.8. The van der Waals surface area contributed by atoms with E-state index in [1.807, 2.05) is 0 Å². The molecule has 4 aliphatic carbocycles. The molecule has 0 spiro atoms. The van der Waals surface area contributed by atoms with Crippen LogP contribution in [0.2, 0.25) is 0 Å². The highest BCUT2D eigenvalue weighted by atomic mass is 79.9. The van der Waals surface area contributed by atoms with E-state index >= 15 is 0 Å². The molecule has 4 rings (SSSR count). The molecule has 0 aromatic rings. The number of allylic oxidation sites excluding steroid dienone is 1. The fourth-order valence-electron chi connectivity index (χ4n) is 7.82. The molecule has 172 valence electrons. The normalized spacial score (nSPS) is 43.7. The highest BCUT2D eigenvalue weighted by molar-refractivity contribution is 9.09. The van der Waals surface area contributed by atoms with Crippen molar-refractivity contribution < 1.29 is 23.9 Å². The van der Waals surface area contributed by atoms with Gasteiger partial charge in [0.25, 0.3) is 0 Å². The van der Waals surface area contributed by atoms with Crippen LogP contribution in [0, 0.1) is 34.5 Å². The minimum atomic E-state index is -0.414. The molecule has 0 bridgehead atoms. The van der Waals surface area contributed by atoms with Gasteiger partial charge in [-0.3, -0.25) is 14.4 Å². The van der Waals surface area contributed by atoms with Crippen LogP contribution in [0.15, 0.2) is 11.6 Å². The van der Waals surface area contributed by atoms with Crippen LogP contribution < -0.4 is 0 Å². The molecule has 0 aromatic carbocycles. The molecule has 0 aliphatic heterocycles. The Hall–Kier alpha value is -1.17. The Labute approximate surface area is 193 Å². The van der Waals surface area contributed by atoms with Gasteiger partial charge in [0.2, 0.25) is 0 Å². The quantitative estimate of drug-likeness (QED) is 0.406. The number of ketones is 1. The number of hydrogen-bond donors (Lipinski definition) is 0. The number of ether oxygens (including phenoxy) is 2. The second kappa shape index (κ2) is 8.31. The zero-order valence-electron chi connectivity index (χ0n) is 19.1. The number of carbonyl (C=O) groups excluding carboxylic acids is 3. The zero-order valence-corrected chi connectivity index (χ0v) is 20.7. The number of esters is 2. The van der Waals surface area contributed by atoms with Gasteiger partial charge in [-0.1, -0.05) is 35.9 Å². The van der Waals surface area contributed by atoms with E-state index in [2.05, 4.69) is 35.9 Å². The third-order valence-electron chi connectivity index (χ3n) is 9.19. The Morgan fingerprint density at radius 2 is 1.81 bits per heavy atom. The average molecular weight is 495 g/mol. The summed E-state index contributed by atoms with van der Waals surface area (Å²) in [6, 6.07) is 0. The molecule has 0 N–H and O–H groups in total. The third kappa shape index (κ3) is 3.91. The van der Waals surface area contributed by atoms with Crippen molar-refractivity contribution in [3.05, 3.63) is 11.6 Å². The van der Waals surface area contributed by atoms with Crippen LogP contribution in [-0.4, -0.2) is 35.3 Å². The predicted octanol–water partition coefficient (Wildman–Crippen LogP) is 5.00. The Bertz CT molecular complexity index is 806. The van der Waals surface area contributed by atoms with E-state index in [-0.39, 0.29) is 40.1 Å². The van der Waals surface area contributed by atoms with Gasteiger partial charge in [-0.2, -0.15) is 0 Å². The average Bonchev–Trinajstić information content (AvgIpc) is 2.97. The van der Waals surface area contributed by atoms with Gasteiger partial charge in [0.1, 0.15) is 6.10 Å². The van der Waals surface area contributed by atoms with E-state index in [4.69, 9.17) is 9.47 Å². The molecule has 3 fully saturated rings. The van der Waals surface area contributed by atoms with Crippen molar-refractivity contribution in [1.82, 2.24) is 0 Å². The molecular formula is C25H35BrO5. The summed E-state index contributed by atoms with van der Waals surface area (Å²) in [7, 11) is 0. The number of carbonyl (C=O) groups is 3. The van der Waals surface area contributed by atoms with Crippen molar-refractivity contribution in [3.63, 3.8) is 0 Å². The summed E-state index contributed by atoms with van der Waals surface area (Å²) >= 11 is 3.91. The highest BCUT2D eigenvalue weighted by Gasteiger charge is 2.61. The third-order valence-corrected chi connectivity index (χ3v) is 10.0. The van der Waals surface area contributed by atoms with Gasteiger partial charge < -0.3 is 9.47 Å². The van der Waals surface area contributed by atoms with Crippen molar-refractivity contribution >= 4 is 33.7 Å². The van der Waals surface area contributed by atoms with E-state index < -0.39 is 5.97 Å². The highest BCUT2D eigenvalue weighted by Crippen LogP contribution is 2.67. The number of Topliss-reactive ketones (excluding diaryl/α,β-unsaturated/α-hetero) is 1. The van der Waals surface area contributed by atoms with Gasteiger partial charge in [0, 0.05) is 29.7 Å². The van der Waals surface area contributed by atoms with Gasteiger partial charge in [-0.05, 0) is 74.0 Å². The van der Waals surface area contributed by atoms with Gasteiger partial charge in [0.05, 0.1) is 0 Å². The molecule has 5 nitrogen and oxygen atoms in total. The first-order valence-corrected chi connectivity index (χ1v) is 12.7. The molecule has 8 atom stereocenters. The number of hydrogen-bond acceptors (Lipinski definition) is 5. The number of halogens is 1. The smallest absolute Gasteiger partial charge is 0.303 e. The minimum absolute atomic E-state index is 0.0510. The van der Waals surface area contributed by atoms with Crippen molar-refractivity contribution in [3.8, 4) is 0 Å². The Balaban J connectivity index is 1.53. The standard InChI is InChI=1S/C25H35BrO5/c1-14(27)30-13-22(29)20-12-21(26)23-18-6-5-16-11-17(31-15(2)28)7-9-24(16,3)19(18)8-10-25(20,23)4/h12,16-19,21,23H,5-11,13H2,1-4H3/t16-,17-,18+,19-,21?,23+,24-,25+/m0/s1. The fourth-order valence-corrected chi connectivity index (χ4v) is 9.06. The van der Waals surface area contributed by atoms with Gasteiger partial charge >= 0.3 is 11.9 Å². The lowest BCUT2D eigenvalue weighted by Crippen LogP contribution is -2.55. The maximum Gasteiger partial charge on any atom is 0.303 e. The van der Waals surface area contributed by atoms with E-state index in [1.54, 1.807) is 0 Å². The van der Waals surface area contributed by atoms with Crippen LogP contribution in [-0.2, 0) is 23.9 Å². The molecule has 1 unspecified atom stereocenters. The summed E-state index contributed by atoms with van der Waals surface area (Å²) in [5, 5.41) is 0. The summed E-state index contributed by atoms with van der Waals surface area (Å²) in [5.74, 6) is 1.58. The molecule has 31 heavy (non-hydrogen) atoms. The van der Waals surface area contributed by atoms with E-state index in [9.17, 15) is 14.4 Å². The summed E-state index contributed by atoms with van der Waals surface area (Å²) in [6.07, 6.45) is 9.68. The lowest BCUT2D eigenvalue weighted by molar-refractivity contribution is -0.158. The predicted molar refractivity (Wildman–Crippen MR) is 120 cm³/mol. The fraction of sp³-hybridized carbons (Fsp3) is 0.800. The maximum atomic E-state index is 12.9. The van der Waals surface area contributed by atoms with Gasteiger partial charge in [-0.25, -0.2) is 0 Å². The molecule has 4 aliphatic rings. The topological polar surface area (TPSA) is 69.7 Å². The van der Waals surface area contributed by atoms with Crippen molar-refractivity contribution in [2.75, 3.05) is 6.61 Å². The monoisotopic (exact) mass is 494 g/mol. The van der Waals surface area contributed by atoms with Crippen LogP contribution in [0.5, 0.6) is 0 Å². The largest absolute Gasteiger partial charge is 0.463 e. The van der Waals surface area contributed by atoms with Crippen LogP contribution in [0.4, 0.5) is 0 Å². The van der Waals surface area contributed by atoms with Crippen LogP contribution >= 0.6 is 15.9 Å². The summed E-state index contributed by atoms with van der Waals surface area (Å²) in [6.45, 7) is 7.41. The Morgan fingerprint density at radius 3 is 2.48 bits per heavy atom. The van der Waals surface area contributed by atoms with E-state index in [0.29, 0.717) is 23.7 Å². The number of rotatable bonds is 4. The molecule has 0 saturated heterocycles. The van der Waals surface area contributed by atoms with Gasteiger partial charge in [0.15, 0.2) is 12.4 Å². The molecule has 0 radical (unpaired) electrons. The van der Waals surface area contributed by atoms with Crippen LogP contribution in [0.25, 0.3) is 0 Å². The van der Waals surface area contributed by atoms with Crippen molar-refractivity contribution in [2.45, 2.75) is 83.6 Å². The van der Waals surface area contributed by atoms with E-state index in [0.717, 1.165) is 37.7 Å². The molecule has 6 heteroatoms. The first-order valence-electron chi connectivity index (χ1n) is 11.8. The van der Waals surface area contributed by atoms with Crippen molar-refractivity contribution in [2.24, 2.45) is 34.5 Å². The minimum Gasteiger partial charge on any atom is -0.463 e. The van der Waals surface area contributed by atoms with Crippen LogP contribution in [0.3, 0.4) is 0 Å². The molecule has 0 aromatic heterocycles. The summed E-state index contributed by atoms with van der Waals surface area (Å²) in [4.78, 5) is 35.8. The Morgan fingerprint density at radius 1 is 1.06 bits per heavy atom. The maximum absolute atomic E-state index is 12.9. The SMILES string of the molecule is CC(=O)OCC(=O)C1=CC(Br)[C@H]2[C@@H]3CC[C@H]4C[C@@H](OC(C)=O)CC[C@]4(C)[C@H]3CC[C@]12C. The second-order valence-electron chi connectivity index (χ2n) is 10.8. The molecule has 0 heterocycles. The lowest BCUT2D eigenvalue weighted by atomic mass is 9.44. The first-order chi connectivity index (χ1) is 14.6. The molecule has 3 saturated carbocycles. The van der Waals surface area contributed by atoms with Crippen molar-refractivity contribution in [1.29, 1.82) is 0 Å². The summed E-state index contributed by atoms with van der Waals surface area (Å²) < 4.78 is 10.6. The number of alkyl halides is 1. The molecule has 0 amide bonds. The zero-order chi connectivity index (χ0) is 22.6. The number of fused-ring (bicyclic) bond motifs is 5.